The lowest BCUT2D eigenvalue weighted by atomic mass is 10.2. The molecule has 0 aliphatic carbocycles. The number of nitrogens with zero attached hydrogens (tertiary/aromatic N) is 2. The van der Waals surface area contributed by atoms with Crippen LogP contribution in [0.15, 0.2) is 30.5 Å². The molecule has 63 valence electrons. The predicted octanol–water partition coefficient (Wildman–Crippen LogP) is 1.94. The third kappa shape index (κ3) is 1.22. The van der Waals surface area contributed by atoms with Crippen LogP contribution in [0, 0.1) is 16.2 Å². The van der Waals surface area contributed by atoms with Crippen molar-refractivity contribution in [3.8, 4) is 0 Å². The molecule has 0 saturated heterocycles. The number of benzene rings is 1. The molecule has 0 bridgehead atoms. The number of nitro groups is 1. The van der Waals surface area contributed by atoms with Crippen LogP contribution in [0.25, 0.3) is 10.9 Å². The Bertz CT molecular complexity index is 463. The fraction of sp³-hybridized carbons (Fsp3) is 0. The summed E-state index contributed by atoms with van der Waals surface area (Å²) in [6.45, 7) is 0. The molecule has 0 N–H and O–H groups in total. The molecule has 0 aliphatic rings. The highest BCUT2D eigenvalue weighted by Crippen LogP contribution is 2.21. The Morgan fingerprint density at radius 1 is 1.46 bits per heavy atom. The Morgan fingerprint density at radius 3 is 3.08 bits per heavy atom. The molecule has 0 spiro atoms. The van der Waals surface area contributed by atoms with E-state index in [1.165, 1.54) is 12.3 Å². The number of aromatic nitrogens is 1. The number of hydrogen-bond donors (Lipinski definition) is 0. The Balaban J connectivity index is 2.83. The summed E-state index contributed by atoms with van der Waals surface area (Å²) in [4.78, 5) is 14.1. The number of hydrogen-bond acceptors (Lipinski definition) is 3. The van der Waals surface area contributed by atoms with Crippen molar-refractivity contribution >= 4 is 16.6 Å². The van der Waals surface area contributed by atoms with Crippen molar-refractivity contribution in [1.82, 2.24) is 4.98 Å². The molecule has 1 aromatic carbocycles. The normalized spacial score (nSPS) is 10.2. The van der Waals surface area contributed by atoms with Crippen LogP contribution in [0.3, 0.4) is 0 Å². The van der Waals surface area contributed by atoms with E-state index in [0.29, 0.717) is 10.9 Å². The molecule has 4 nitrogen and oxygen atoms in total. The molecular weight excluding hydrogens is 168 g/mol. The second kappa shape index (κ2) is 2.82. The molecule has 0 amide bonds. The number of rotatable bonds is 1. The minimum atomic E-state index is -0.441. The van der Waals surface area contributed by atoms with Gasteiger partial charge in [0.05, 0.1) is 4.92 Å². The molecule has 2 rings (SSSR count). The van der Waals surface area contributed by atoms with Crippen molar-refractivity contribution in [2.24, 2.45) is 0 Å². The summed E-state index contributed by atoms with van der Waals surface area (Å²) in [5.74, 6) is 0. The smallest absolute Gasteiger partial charge is 0.258 e. The molecule has 13 heavy (non-hydrogen) atoms. The van der Waals surface area contributed by atoms with Gasteiger partial charge < -0.3 is 0 Å². The van der Waals surface area contributed by atoms with Gasteiger partial charge in [-0.2, -0.15) is 0 Å². The van der Waals surface area contributed by atoms with E-state index in [-0.39, 0.29) is 5.69 Å². The van der Waals surface area contributed by atoms with E-state index < -0.39 is 4.92 Å². The summed E-state index contributed by atoms with van der Waals surface area (Å²) in [6.07, 6.45) is 1.50. The topological polar surface area (TPSA) is 56.0 Å². The fourth-order valence-electron chi connectivity index (χ4n) is 1.17. The van der Waals surface area contributed by atoms with Crippen LogP contribution in [0.2, 0.25) is 0 Å². The summed E-state index contributed by atoms with van der Waals surface area (Å²) < 4.78 is 0. The summed E-state index contributed by atoms with van der Waals surface area (Å²) in [6, 6.07) is 9.31. The predicted molar refractivity (Wildman–Crippen MR) is 47.2 cm³/mol. The van der Waals surface area contributed by atoms with Crippen molar-refractivity contribution in [3.05, 3.63) is 46.6 Å². The van der Waals surface area contributed by atoms with Crippen molar-refractivity contribution in [1.29, 1.82) is 0 Å². The average Bonchev–Trinajstić information content (AvgIpc) is 2.17. The molecule has 4 heteroatoms. The molecule has 0 unspecified atom stereocenters. The van der Waals surface area contributed by atoms with E-state index in [0.717, 1.165) is 0 Å². The first-order valence-corrected chi connectivity index (χ1v) is 3.69. The van der Waals surface area contributed by atoms with Gasteiger partial charge in [-0.1, -0.05) is 12.1 Å². The van der Waals surface area contributed by atoms with Crippen LogP contribution in [0.5, 0.6) is 0 Å². The van der Waals surface area contributed by atoms with Gasteiger partial charge in [-0.05, 0) is 12.1 Å². The lowest BCUT2D eigenvalue weighted by Gasteiger charge is -1.95. The Morgan fingerprint density at radius 2 is 2.31 bits per heavy atom. The molecule has 1 radical (unpaired) electrons. The first kappa shape index (κ1) is 7.67. The fourth-order valence-corrected chi connectivity index (χ4v) is 1.17. The van der Waals surface area contributed by atoms with Crippen LogP contribution in [-0.2, 0) is 0 Å². The molecule has 0 saturated carbocycles. The zero-order valence-electron chi connectivity index (χ0n) is 6.60. The lowest BCUT2D eigenvalue weighted by Crippen LogP contribution is -1.90. The van der Waals surface area contributed by atoms with Crippen LogP contribution in [0.1, 0.15) is 0 Å². The number of fused-ring (bicyclic) bond motifs is 1. The quantitative estimate of drug-likeness (QED) is 0.489. The third-order valence-electron chi connectivity index (χ3n) is 1.73. The van der Waals surface area contributed by atoms with Gasteiger partial charge in [0.25, 0.3) is 5.69 Å². The molecular formula is C9H5N2O2. The van der Waals surface area contributed by atoms with Gasteiger partial charge in [0, 0.05) is 17.6 Å². The first-order valence-electron chi connectivity index (χ1n) is 3.69. The second-order valence-electron chi connectivity index (χ2n) is 2.52. The van der Waals surface area contributed by atoms with Gasteiger partial charge >= 0.3 is 0 Å². The van der Waals surface area contributed by atoms with E-state index in [9.17, 15) is 10.1 Å². The minimum Gasteiger partial charge on any atom is -0.258 e. The molecule has 0 atom stereocenters. The lowest BCUT2D eigenvalue weighted by molar-refractivity contribution is -0.383. The van der Waals surface area contributed by atoms with E-state index in [2.05, 4.69) is 11.1 Å². The van der Waals surface area contributed by atoms with Crippen molar-refractivity contribution in [2.75, 3.05) is 0 Å². The maximum atomic E-state index is 10.6. The first-order chi connectivity index (χ1) is 6.29. The Kier molecular flexibility index (Phi) is 1.66. The van der Waals surface area contributed by atoms with E-state index in [1.807, 2.05) is 0 Å². The molecule has 0 fully saturated rings. The van der Waals surface area contributed by atoms with Gasteiger partial charge in [0.2, 0.25) is 0 Å². The standard InChI is InChI=1S/C9H5N2O2/c12-11(13)8-5-1-3-7-4-2-6-10-9(7)8/h1-3,5-6H. The Labute approximate surface area is 74.0 Å². The summed E-state index contributed by atoms with van der Waals surface area (Å²) >= 11 is 0. The highest BCUT2D eigenvalue weighted by molar-refractivity contribution is 5.86. The van der Waals surface area contributed by atoms with Crippen LogP contribution in [-0.4, -0.2) is 9.91 Å². The number of pyridine rings is 1. The van der Waals surface area contributed by atoms with Crippen LogP contribution in [0.4, 0.5) is 5.69 Å². The average molecular weight is 173 g/mol. The van der Waals surface area contributed by atoms with Gasteiger partial charge in [-0.25, -0.2) is 4.98 Å². The van der Waals surface area contributed by atoms with Crippen molar-refractivity contribution in [3.63, 3.8) is 0 Å². The summed E-state index contributed by atoms with van der Waals surface area (Å²) in [5.41, 5.74) is 0.407. The Hall–Kier alpha value is -1.97. The summed E-state index contributed by atoms with van der Waals surface area (Å²) in [5, 5.41) is 11.2. The van der Waals surface area contributed by atoms with E-state index >= 15 is 0 Å². The number of non-ortho nitro benzene ring substituents is 1. The highest BCUT2D eigenvalue weighted by Gasteiger charge is 2.10. The maximum absolute atomic E-state index is 10.6. The van der Waals surface area contributed by atoms with Crippen molar-refractivity contribution in [2.45, 2.75) is 0 Å². The van der Waals surface area contributed by atoms with Gasteiger partial charge in [0.1, 0.15) is 5.52 Å². The minimum absolute atomic E-state index is 0.0225. The molecule has 2 aromatic rings. The van der Waals surface area contributed by atoms with Crippen LogP contribution >= 0.6 is 0 Å². The molecule has 1 aromatic heterocycles. The SMILES string of the molecule is O=[N+]([O-])c1cccc2[c]ccnc12. The second-order valence-corrected chi connectivity index (χ2v) is 2.52. The maximum Gasteiger partial charge on any atom is 0.295 e. The van der Waals surface area contributed by atoms with Gasteiger partial charge in [0.15, 0.2) is 0 Å². The monoisotopic (exact) mass is 173 g/mol. The highest BCUT2D eigenvalue weighted by atomic mass is 16.6. The zero-order chi connectivity index (χ0) is 9.26. The van der Waals surface area contributed by atoms with E-state index in [1.54, 1.807) is 18.2 Å². The third-order valence-corrected chi connectivity index (χ3v) is 1.73. The largest absolute Gasteiger partial charge is 0.295 e. The van der Waals surface area contributed by atoms with Gasteiger partial charge in [-0.3, -0.25) is 10.1 Å². The summed E-state index contributed by atoms with van der Waals surface area (Å²) in [7, 11) is 0. The molecule has 0 aliphatic heterocycles. The molecule has 1 heterocycles. The number of nitro benzene ring substituents is 1. The number of para-hydroxylation sites is 1. The van der Waals surface area contributed by atoms with E-state index in [4.69, 9.17) is 0 Å². The zero-order valence-corrected chi connectivity index (χ0v) is 6.60. The van der Waals surface area contributed by atoms with Crippen LogP contribution < -0.4 is 0 Å². The van der Waals surface area contributed by atoms with Crippen molar-refractivity contribution < 1.29 is 4.92 Å². The van der Waals surface area contributed by atoms with Gasteiger partial charge in [-0.15, -0.1) is 0 Å².